The predicted molar refractivity (Wildman–Crippen MR) is 129 cm³/mol. The number of nitrogen functional groups attached to an aromatic ring is 1. The molecular weight excluding hydrogens is 438 g/mol. The van der Waals surface area contributed by atoms with Crippen LogP contribution in [0.2, 0.25) is 5.02 Å². The minimum atomic E-state index is -0.0845. The molecule has 4 aromatic rings. The molecule has 1 aliphatic rings. The number of nitrogens with zero attached hydrogens (tertiary/aromatic N) is 4. The van der Waals surface area contributed by atoms with Gasteiger partial charge in [0, 0.05) is 35.1 Å². The molecule has 5 rings (SSSR count). The van der Waals surface area contributed by atoms with Crippen LogP contribution in [0.1, 0.15) is 36.0 Å². The lowest BCUT2D eigenvalue weighted by atomic mass is 9.91. The van der Waals surface area contributed by atoms with Crippen molar-refractivity contribution in [1.29, 1.82) is 0 Å². The number of nitrogens with one attached hydrogen (secondary N) is 2. The highest BCUT2D eigenvalue weighted by molar-refractivity contribution is 6.33. The largest absolute Gasteiger partial charge is 0.399 e. The van der Waals surface area contributed by atoms with Crippen molar-refractivity contribution in [2.24, 2.45) is 0 Å². The number of amides is 1. The molecule has 1 aliphatic carbocycles. The fourth-order valence-corrected chi connectivity index (χ4v) is 4.47. The lowest BCUT2D eigenvalue weighted by molar-refractivity contribution is 0.0926. The Kier molecular flexibility index (Phi) is 5.83. The average Bonchev–Trinajstić information content (AvgIpc) is 3.25. The van der Waals surface area contributed by atoms with Crippen LogP contribution in [0.25, 0.3) is 16.8 Å². The van der Waals surface area contributed by atoms with E-state index in [0.29, 0.717) is 27.9 Å². The first kappa shape index (κ1) is 21.2. The zero-order chi connectivity index (χ0) is 22.8. The van der Waals surface area contributed by atoms with Crippen LogP contribution in [0, 0.1) is 0 Å². The second kappa shape index (κ2) is 9.07. The molecule has 0 unspecified atom stereocenters. The SMILES string of the molecule is Nc1ccc(C(=O)N[C@H]2CCC[C@@H](Nc3ncc(Cl)c(-c4cnn5ccccc45)n3)C2)cc1. The number of hydrogen-bond acceptors (Lipinski definition) is 6. The molecule has 0 radical (unpaired) electrons. The maximum absolute atomic E-state index is 12.6. The quantitative estimate of drug-likeness (QED) is 0.384. The molecule has 0 spiro atoms. The van der Waals surface area contributed by atoms with Crippen LogP contribution in [-0.4, -0.2) is 37.6 Å². The van der Waals surface area contributed by atoms with Gasteiger partial charge in [0.2, 0.25) is 5.95 Å². The predicted octanol–water partition coefficient (Wildman–Crippen LogP) is 4.18. The molecule has 168 valence electrons. The van der Waals surface area contributed by atoms with E-state index >= 15 is 0 Å². The van der Waals surface area contributed by atoms with Crippen molar-refractivity contribution >= 4 is 34.7 Å². The van der Waals surface area contributed by atoms with Gasteiger partial charge in [0.1, 0.15) is 0 Å². The van der Waals surface area contributed by atoms with Gasteiger partial charge in [0.25, 0.3) is 5.91 Å². The van der Waals surface area contributed by atoms with E-state index < -0.39 is 0 Å². The number of carbonyl (C=O) groups is 1. The van der Waals surface area contributed by atoms with Gasteiger partial charge < -0.3 is 16.4 Å². The molecule has 1 aromatic carbocycles. The van der Waals surface area contributed by atoms with E-state index in [1.54, 1.807) is 41.2 Å². The second-order valence-electron chi connectivity index (χ2n) is 8.28. The summed E-state index contributed by atoms with van der Waals surface area (Å²) < 4.78 is 1.79. The standard InChI is InChI=1S/C24H24ClN7O/c25-20-14-27-24(31-22(20)19-13-28-32-11-2-1-6-21(19)32)30-18-5-3-4-17(12-18)29-23(33)15-7-9-16(26)10-8-15/h1-2,6-11,13-14,17-18H,3-5,12,26H2,(H,29,33)(H,27,30,31)/t17-,18+/m0/s1. The summed E-state index contributed by atoms with van der Waals surface area (Å²) in [6, 6.07) is 13.0. The Bertz CT molecular complexity index is 1290. The summed E-state index contributed by atoms with van der Waals surface area (Å²) in [5.41, 5.74) is 9.38. The number of fused-ring (bicyclic) bond motifs is 1. The molecule has 0 saturated heterocycles. The number of pyridine rings is 1. The Morgan fingerprint density at radius 2 is 1.91 bits per heavy atom. The van der Waals surface area contributed by atoms with Crippen molar-refractivity contribution in [2.45, 2.75) is 37.8 Å². The Balaban J connectivity index is 1.29. The van der Waals surface area contributed by atoms with Crippen LogP contribution in [0.4, 0.5) is 11.6 Å². The van der Waals surface area contributed by atoms with E-state index in [1.807, 2.05) is 24.4 Å². The van der Waals surface area contributed by atoms with Crippen LogP contribution in [-0.2, 0) is 0 Å². The van der Waals surface area contributed by atoms with E-state index in [0.717, 1.165) is 36.8 Å². The van der Waals surface area contributed by atoms with Crippen LogP contribution >= 0.6 is 11.6 Å². The lowest BCUT2D eigenvalue weighted by Gasteiger charge is -2.30. The summed E-state index contributed by atoms with van der Waals surface area (Å²) in [6.45, 7) is 0. The van der Waals surface area contributed by atoms with Gasteiger partial charge in [0.15, 0.2) is 0 Å². The van der Waals surface area contributed by atoms with E-state index in [1.165, 1.54) is 0 Å². The highest BCUT2D eigenvalue weighted by Crippen LogP contribution is 2.30. The zero-order valence-corrected chi connectivity index (χ0v) is 18.7. The van der Waals surface area contributed by atoms with Crippen molar-refractivity contribution in [3.8, 4) is 11.3 Å². The molecule has 1 fully saturated rings. The second-order valence-corrected chi connectivity index (χ2v) is 8.69. The monoisotopic (exact) mass is 461 g/mol. The number of halogens is 1. The van der Waals surface area contributed by atoms with E-state index in [2.05, 4.69) is 20.7 Å². The number of anilines is 2. The molecular formula is C24H24ClN7O. The molecule has 0 aliphatic heterocycles. The first-order chi connectivity index (χ1) is 16.1. The van der Waals surface area contributed by atoms with E-state index in [9.17, 15) is 4.79 Å². The Morgan fingerprint density at radius 1 is 1.09 bits per heavy atom. The summed E-state index contributed by atoms with van der Waals surface area (Å²) in [5.74, 6) is 0.430. The van der Waals surface area contributed by atoms with Gasteiger partial charge in [-0.1, -0.05) is 17.7 Å². The van der Waals surface area contributed by atoms with Gasteiger partial charge in [-0.05, 0) is 62.1 Å². The van der Waals surface area contributed by atoms with Gasteiger partial charge in [-0.15, -0.1) is 0 Å². The number of aromatic nitrogens is 4. The van der Waals surface area contributed by atoms with Gasteiger partial charge >= 0.3 is 0 Å². The van der Waals surface area contributed by atoms with E-state index in [4.69, 9.17) is 22.3 Å². The summed E-state index contributed by atoms with van der Waals surface area (Å²) >= 11 is 6.43. The summed E-state index contributed by atoms with van der Waals surface area (Å²) in [7, 11) is 0. The molecule has 9 heteroatoms. The molecule has 2 atom stereocenters. The van der Waals surface area contributed by atoms with Crippen LogP contribution in [0.3, 0.4) is 0 Å². The molecule has 0 bridgehead atoms. The Labute approximate surface area is 196 Å². The van der Waals surface area contributed by atoms with Crippen molar-refractivity contribution in [3.05, 3.63) is 71.6 Å². The van der Waals surface area contributed by atoms with E-state index in [-0.39, 0.29) is 18.0 Å². The van der Waals surface area contributed by atoms with Crippen molar-refractivity contribution in [1.82, 2.24) is 24.9 Å². The molecule has 1 saturated carbocycles. The first-order valence-corrected chi connectivity index (χ1v) is 11.3. The van der Waals surface area contributed by atoms with Crippen LogP contribution in [0.5, 0.6) is 0 Å². The highest BCUT2D eigenvalue weighted by atomic mass is 35.5. The lowest BCUT2D eigenvalue weighted by Crippen LogP contribution is -2.42. The minimum absolute atomic E-state index is 0.0766. The van der Waals surface area contributed by atoms with Crippen molar-refractivity contribution < 1.29 is 4.79 Å². The normalized spacial score (nSPS) is 18.2. The van der Waals surface area contributed by atoms with Gasteiger partial charge in [-0.2, -0.15) is 5.10 Å². The first-order valence-electron chi connectivity index (χ1n) is 10.9. The number of nitrogens with two attached hydrogens (primary N) is 1. The van der Waals surface area contributed by atoms with Gasteiger partial charge in [-0.25, -0.2) is 14.5 Å². The third kappa shape index (κ3) is 4.61. The zero-order valence-electron chi connectivity index (χ0n) is 17.9. The topological polar surface area (TPSA) is 110 Å². The average molecular weight is 462 g/mol. The molecule has 3 heterocycles. The number of benzene rings is 1. The summed E-state index contributed by atoms with van der Waals surface area (Å²) in [6.07, 6.45) is 8.96. The molecule has 8 nitrogen and oxygen atoms in total. The van der Waals surface area contributed by atoms with Crippen molar-refractivity contribution in [3.63, 3.8) is 0 Å². The summed E-state index contributed by atoms with van der Waals surface area (Å²) in [4.78, 5) is 21.7. The van der Waals surface area contributed by atoms with Gasteiger partial charge in [-0.3, -0.25) is 4.79 Å². The fourth-order valence-electron chi connectivity index (χ4n) is 4.28. The number of hydrogen-bond donors (Lipinski definition) is 3. The number of carbonyl (C=O) groups excluding carboxylic acids is 1. The van der Waals surface area contributed by atoms with Crippen LogP contribution < -0.4 is 16.4 Å². The highest BCUT2D eigenvalue weighted by Gasteiger charge is 2.24. The maximum Gasteiger partial charge on any atom is 0.251 e. The van der Waals surface area contributed by atoms with Crippen LogP contribution in [0.15, 0.2) is 61.1 Å². The third-order valence-electron chi connectivity index (χ3n) is 5.94. The molecule has 1 amide bonds. The Morgan fingerprint density at radius 3 is 2.76 bits per heavy atom. The smallest absolute Gasteiger partial charge is 0.251 e. The maximum atomic E-state index is 12.6. The fraction of sp³-hybridized carbons (Fsp3) is 0.250. The third-order valence-corrected chi connectivity index (χ3v) is 6.22. The van der Waals surface area contributed by atoms with Crippen molar-refractivity contribution in [2.75, 3.05) is 11.1 Å². The minimum Gasteiger partial charge on any atom is -0.399 e. The molecule has 4 N–H and O–H groups in total. The molecule has 3 aromatic heterocycles. The Hall–Kier alpha value is -3.65. The number of rotatable bonds is 5. The van der Waals surface area contributed by atoms with Gasteiger partial charge in [0.05, 0.1) is 28.6 Å². The summed E-state index contributed by atoms with van der Waals surface area (Å²) in [5, 5.41) is 11.4. The molecule has 33 heavy (non-hydrogen) atoms.